The van der Waals surface area contributed by atoms with Crippen molar-refractivity contribution in [3.63, 3.8) is 0 Å². The summed E-state index contributed by atoms with van der Waals surface area (Å²) in [6, 6.07) is 8.95. The molecule has 0 unspecified atom stereocenters. The van der Waals surface area contributed by atoms with E-state index >= 15 is 0 Å². The number of rotatable bonds is 6. The summed E-state index contributed by atoms with van der Waals surface area (Å²) in [7, 11) is 1.83. The van der Waals surface area contributed by atoms with Crippen molar-refractivity contribution in [2.24, 2.45) is 7.05 Å². The average Bonchev–Trinajstić information content (AvgIpc) is 2.85. The Hall–Kier alpha value is -3.40. The molecule has 0 spiro atoms. The third-order valence-corrected chi connectivity index (χ3v) is 3.82. The lowest BCUT2D eigenvalue weighted by molar-refractivity contribution is -0.142. The summed E-state index contributed by atoms with van der Waals surface area (Å²) in [5, 5.41) is 15.5. The predicted octanol–water partition coefficient (Wildman–Crippen LogP) is 2.30. The summed E-state index contributed by atoms with van der Waals surface area (Å²) >= 11 is 0. The standard InChI is InChI=1S/C19H20N4O3/c1-13-17(14(2)23(3)22-13)8-9-19(25)26-12-18(24)21-16-6-4-15(5-7-16)10-11-20/h4-9H,10,12H2,1-3H3,(H,21,24)/b9-8+. The van der Waals surface area contributed by atoms with Crippen LogP contribution in [-0.2, 0) is 27.8 Å². The number of carbonyl (C=O) groups is 2. The van der Waals surface area contributed by atoms with Crippen LogP contribution < -0.4 is 5.32 Å². The molecule has 1 aromatic heterocycles. The topological polar surface area (TPSA) is 97.0 Å². The molecule has 7 heteroatoms. The van der Waals surface area contributed by atoms with Crippen molar-refractivity contribution in [2.45, 2.75) is 20.3 Å². The van der Waals surface area contributed by atoms with Gasteiger partial charge in [-0.1, -0.05) is 12.1 Å². The zero-order valence-corrected chi connectivity index (χ0v) is 14.9. The van der Waals surface area contributed by atoms with Gasteiger partial charge >= 0.3 is 5.97 Å². The minimum atomic E-state index is -0.604. The van der Waals surface area contributed by atoms with E-state index < -0.39 is 11.9 Å². The molecule has 1 amide bonds. The minimum absolute atomic E-state index is 0.314. The monoisotopic (exact) mass is 352 g/mol. The van der Waals surface area contributed by atoms with Gasteiger partial charge in [0.25, 0.3) is 5.91 Å². The highest BCUT2D eigenvalue weighted by Crippen LogP contribution is 2.13. The summed E-state index contributed by atoms with van der Waals surface area (Å²) in [4.78, 5) is 23.6. The minimum Gasteiger partial charge on any atom is -0.452 e. The first-order valence-electron chi connectivity index (χ1n) is 8.01. The molecule has 134 valence electrons. The van der Waals surface area contributed by atoms with Crippen molar-refractivity contribution in [1.29, 1.82) is 5.26 Å². The van der Waals surface area contributed by atoms with Crippen LogP contribution in [0.1, 0.15) is 22.5 Å². The molecule has 0 radical (unpaired) electrons. The number of nitriles is 1. The van der Waals surface area contributed by atoms with Crippen LogP contribution in [0.25, 0.3) is 6.08 Å². The van der Waals surface area contributed by atoms with Crippen LogP contribution in [0.4, 0.5) is 5.69 Å². The number of esters is 1. The second-order valence-corrected chi connectivity index (χ2v) is 5.73. The third kappa shape index (κ3) is 5.05. The van der Waals surface area contributed by atoms with Crippen LogP contribution >= 0.6 is 0 Å². The Kier molecular flexibility index (Phi) is 6.28. The fourth-order valence-electron chi connectivity index (χ4n) is 2.36. The molecule has 2 rings (SSSR count). The molecular weight excluding hydrogens is 332 g/mol. The number of carbonyl (C=O) groups excluding carboxylic acids is 2. The van der Waals surface area contributed by atoms with E-state index in [9.17, 15) is 9.59 Å². The Balaban J connectivity index is 1.84. The summed E-state index contributed by atoms with van der Waals surface area (Å²) in [6.07, 6.45) is 3.22. The third-order valence-electron chi connectivity index (χ3n) is 3.82. The van der Waals surface area contributed by atoms with Gasteiger partial charge in [0.15, 0.2) is 6.61 Å². The summed E-state index contributed by atoms with van der Waals surface area (Å²) in [6.45, 7) is 3.38. The second kappa shape index (κ2) is 8.62. The van der Waals surface area contributed by atoms with Gasteiger partial charge in [-0.3, -0.25) is 9.48 Å². The van der Waals surface area contributed by atoms with Gasteiger partial charge < -0.3 is 10.1 Å². The van der Waals surface area contributed by atoms with Gasteiger partial charge in [-0.05, 0) is 37.6 Å². The maximum absolute atomic E-state index is 11.8. The van der Waals surface area contributed by atoms with Crippen LogP contribution in [0.3, 0.4) is 0 Å². The lowest BCUT2D eigenvalue weighted by Gasteiger charge is -2.06. The van der Waals surface area contributed by atoms with E-state index in [0.717, 1.165) is 22.5 Å². The molecule has 2 aromatic rings. The molecule has 26 heavy (non-hydrogen) atoms. The van der Waals surface area contributed by atoms with Gasteiger partial charge in [0.1, 0.15) is 0 Å². The maximum atomic E-state index is 11.8. The predicted molar refractivity (Wildman–Crippen MR) is 97.1 cm³/mol. The normalized spacial score (nSPS) is 10.5. The van der Waals surface area contributed by atoms with Crippen LogP contribution in [0.15, 0.2) is 30.3 Å². The fourth-order valence-corrected chi connectivity index (χ4v) is 2.36. The SMILES string of the molecule is Cc1nn(C)c(C)c1/C=C/C(=O)OCC(=O)Nc1ccc(CC#N)cc1. The second-order valence-electron chi connectivity index (χ2n) is 5.73. The van der Waals surface area contributed by atoms with Gasteiger partial charge in [0.2, 0.25) is 0 Å². The van der Waals surface area contributed by atoms with E-state index in [1.807, 2.05) is 20.9 Å². The van der Waals surface area contributed by atoms with Crippen LogP contribution in [0.5, 0.6) is 0 Å². The van der Waals surface area contributed by atoms with E-state index in [4.69, 9.17) is 10.00 Å². The first-order valence-corrected chi connectivity index (χ1v) is 8.01. The largest absolute Gasteiger partial charge is 0.452 e. The fraction of sp³-hybridized carbons (Fsp3) is 0.263. The molecule has 0 aliphatic heterocycles. The number of aromatic nitrogens is 2. The number of amides is 1. The Bertz CT molecular complexity index is 873. The van der Waals surface area contributed by atoms with Crippen molar-refractivity contribution in [2.75, 3.05) is 11.9 Å². The highest BCUT2D eigenvalue weighted by molar-refractivity contribution is 5.94. The number of hydrogen-bond donors (Lipinski definition) is 1. The molecule has 1 aromatic carbocycles. The van der Waals surface area contributed by atoms with Crippen molar-refractivity contribution < 1.29 is 14.3 Å². The Morgan fingerprint density at radius 2 is 2.00 bits per heavy atom. The van der Waals surface area contributed by atoms with Crippen molar-refractivity contribution >= 4 is 23.6 Å². The molecule has 0 fully saturated rings. The number of anilines is 1. The molecule has 0 saturated carbocycles. The van der Waals surface area contributed by atoms with E-state index in [1.54, 1.807) is 35.0 Å². The van der Waals surface area contributed by atoms with Gasteiger partial charge in [0.05, 0.1) is 18.2 Å². The first-order chi connectivity index (χ1) is 12.4. The highest BCUT2D eigenvalue weighted by atomic mass is 16.5. The molecular formula is C19H20N4O3. The lowest BCUT2D eigenvalue weighted by atomic mass is 10.1. The van der Waals surface area contributed by atoms with Gasteiger partial charge in [-0.25, -0.2) is 4.79 Å². The molecule has 1 N–H and O–H groups in total. The Morgan fingerprint density at radius 3 is 2.58 bits per heavy atom. The number of benzene rings is 1. The highest BCUT2D eigenvalue weighted by Gasteiger charge is 2.08. The van der Waals surface area contributed by atoms with E-state index in [2.05, 4.69) is 16.5 Å². The Labute approximate surface area is 151 Å². The molecule has 0 aliphatic rings. The first kappa shape index (κ1) is 18.9. The van der Waals surface area contributed by atoms with E-state index in [-0.39, 0.29) is 6.61 Å². The molecule has 1 heterocycles. The van der Waals surface area contributed by atoms with Crippen molar-refractivity contribution in [3.05, 3.63) is 52.9 Å². The van der Waals surface area contributed by atoms with Crippen LogP contribution in [0, 0.1) is 25.2 Å². The molecule has 0 saturated heterocycles. The molecule has 0 aliphatic carbocycles. The van der Waals surface area contributed by atoms with E-state index in [1.165, 1.54) is 6.08 Å². The summed E-state index contributed by atoms with van der Waals surface area (Å²) in [5.41, 5.74) is 4.04. The summed E-state index contributed by atoms with van der Waals surface area (Å²) in [5.74, 6) is -1.04. The number of hydrogen-bond acceptors (Lipinski definition) is 5. The number of nitrogens with one attached hydrogen (secondary N) is 1. The van der Waals surface area contributed by atoms with Crippen LogP contribution in [0.2, 0.25) is 0 Å². The maximum Gasteiger partial charge on any atom is 0.331 e. The lowest BCUT2D eigenvalue weighted by Crippen LogP contribution is -2.20. The van der Waals surface area contributed by atoms with Gasteiger partial charge in [0, 0.05) is 30.1 Å². The molecule has 7 nitrogen and oxygen atoms in total. The van der Waals surface area contributed by atoms with Gasteiger partial charge in [-0.2, -0.15) is 10.4 Å². The quantitative estimate of drug-likeness (QED) is 0.635. The number of ether oxygens (including phenoxy) is 1. The van der Waals surface area contributed by atoms with Crippen molar-refractivity contribution in [3.8, 4) is 6.07 Å². The summed E-state index contributed by atoms with van der Waals surface area (Å²) < 4.78 is 6.67. The molecule has 0 atom stereocenters. The smallest absolute Gasteiger partial charge is 0.331 e. The average molecular weight is 352 g/mol. The number of nitrogens with zero attached hydrogens (tertiary/aromatic N) is 3. The van der Waals surface area contributed by atoms with E-state index in [0.29, 0.717) is 12.1 Å². The van der Waals surface area contributed by atoms with Gasteiger partial charge in [-0.15, -0.1) is 0 Å². The van der Waals surface area contributed by atoms with Crippen molar-refractivity contribution in [1.82, 2.24) is 9.78 Å². The zero-order valence-electron chi connectivity index (χ0n) is 14.9. The Morgan fingerprint density at radius 1 is 1.31 bits per heavy atom. The van der Waals surface area contributed by atoms with Crippen LogP contribution in [-0.4, -0.2) is 28.3 Å². The number of aryl methyl sites for hydroxylation is 2. The molecule has 0 bridgehead atoms. The zero-order chi connectivity index (χ0) is 19.1.